The third-order valence-electron chi connectivity index (χ3n) is 4.73. The highest BCUT2D eigenvalue weighted by Crippen LogP contribution is 2.20. The number of aromatic nitrogens is 2. The van der Waals surface area contributed by atoms with E-state index in [1.54, 1.807) is 29.0 Å². The number of rotatable bonds is 7. The predicted molar refractivity (Wildman–Crippen MR) is 118 cm³/mol. The van der Waals surface area contributed by atoms with E-state index in [0.29, 0.717) is 21.8 Å². The van der Waals surface area contributed by atoms with Crippen LogP contribution in [0.1, 0.15) is 24.3 Å². The van der Waals surface area contributed by atoms with Crippen LogP contribution in [0, 0.1) is 0 Å². The smallest absolute Gasteiger partial charge is 0.262 e. The highest BCUT2D eigenvalue weighted by molar-refractivity contribution is 7.99. The average molecular weight is 420 g/mol. The number of hydrogen-bond acceptors (Lipinski definition) is 5. The lowest BCUT2D eigenvalue weighted by Gasteiger charge is -2.15. The molecule has 0 radical (unpaired) electrons. The number of fused-ring (bicyclic) bond motifs is 1. The molecule has 2 aromatic heterocycles. The summed E-state index contributed by atoms with van der Waals surface area (Å²) < 4.78 is 6.97. The van der Waals surface area contributed by atoms with Gasteiger partial charge in [-0.2, -0.15) is 0 Å². The van der Waals surface area contributed by atoms with Gasteiger partial charge in [0.25, 0.3) is 5.56 Å². The van der Waals surface area contributed by atoms with Gasteiger partial charge in [-0.1, -0.05) is 54.2 Å². The van der Waals surface area contributed by atoms with E-state index in [4.69, 9.17) is 4.42 Å². The fourth-order valence-electron chi connectivity index (χ4n) is 3.19. The molecule has 0 fully saturated rings. The summed E-state index contributed by atoms with van der Waals surface area (Å²) in [5.74, 6) is 0.682. The minimum absolute atomic E-state index is 0.103. The first-order valence-electron chi connectivity index (χ1n) is 9.61. The molecular formula is C23H21N3O3S. The molecule has 1 atom stereocenters. The van der Waals surface area contributed by atoms with E-state index in [-0.39, 0.29) is 29.8 Å². The number of benzene rings is 2. The number of furan rings is 1. The van der Waals surface area contributed by atoms with Crippen LogP contribution in [0.3, 0.4) is 0 Å². The Labute approximate surface area is 177 Å². The first kappa shape index (κ1) is 20.0. The maximum absolute atomic E-state index is 13.1. The number of carbonyl (C=O) groups excluding carboxylic acids is 1. The second kappa shape index (κ2) is 9.00. The van der Waals surface area contributed by atoms with E-state index in [0.717, 1.165) is 5.56 Å². The Morgan fingerprint density at radius 1 is 1.10 bits per heavy atom. The molecule has 6 nitrogen and oxygen atoms in total. The van der Waals surface area contributed by atoms with Gasteiger partial charge in [0.05, 0.1) is 35.5 Å². The van der Waals surface area contributed by atoms with Crippen molar-refractivity contribution in [2.45, 2.75) is 24.7 Å². The van der Waals surface area contributed by atoms with Crippen LogP contribution in [0.25, 0.3) is 10.9 Å². The molecule has 0 saturated heterocycles. The first-order chi connectivity index (χ1) is 14.6. The van der Waals surface area contributed by atoms with E-state index in [1.807, 2.05) is 55.5 Å². The van der Waals surface area contributed by atoms with Crippen LogP contribution in [-0.2, 0) is 11.3 Å². The summed E-state index contributed by atoms with van der Waals surface area (Å²) in [5, 5.41) is 4.01. The molecule has 7 heteroatoms. The molecule has 30 heavy (non-hydrogen) atoms. The number of nitrogens with zero attached hydrogens (tertiary/aromatic N) is 2. The minimum atomic E-state index is -0.155. The van der Waals surface area contributed by atoms with Crippen LogP contribution in [0.4, 0.5) is 0 Å². The van der Waals surface area contributed by atoms with Gasteiger partial charge in [-0.15, -0.1) is 0 Å². The summed E-state index contributed by atoms with van der Waals surface area (Å²) in [4.78, 5) is 30.2. The van der Waals surface area contributed by atoms with Crippen molar-refractivity contribution in [3.8, 4) is 0 Å². The Hall–Kier alpha value is -3.32. The maximum Gasteiger partial charge on any atom is 0.262 e. The van der Waals surface area contributed by atoms with Crippen molar-refractivity contribution >= 4 is 28.6 Å². The van der Waals surface area contributed by atoms with Crippen molar-refractivity contribution in [1.82, 2.24) is 14.9 Å². The van der Waals surface area contributed by atoms with E-state index >= 15 is 0 Å². The summed E-state index contributed by atoms with van der Waals surface area (Å²) in [5.41, 5.74) is 1.49. The summed E-state index contributed by atoms with van der Waals surface area (Å²) in [7, 11) is 0. The third kappa shape index (κ3) is 4.46. The number of nitrogens with one attached hydrogen (secondary N) is 1. The summed E-state index contributed by atoms with van der Waals surface area (Å²) in [6, 6.07) is 20.5. The van der Waals surface area contributed by atoms with E-state index < -0.39 is 0 Å². The number of para-hydroxylation sites is 1. The van der Waals surface area contributed by atoms with Crippen LogP contribution in [0.15, 0.2) is 87.4 Å². The van der Waals surface area contributed by atoms with Crippen molar-refractivity contribution in [1.29, 1.82) is 0 Å². The summed E-state index contributed by atoms with van der Waals surface area (Å²) >= 11 is 1.24. The van der Waals surface area contributed by atoms with Crippen molar-refractivity contribution in [2.24, 2.45) is 0 Å². The van der Waals surface area contributed by atoms with Gasteiger partial charge in [0.2, 0.25) is 5.91 Å². The quantitative estimate of drug-likeness (QED) is 0.362. The van der Waals surface area contributed by atoms with Gasteiger partial charge >= 0.3 is 0 Å². The van der Waals surface area contributed by atoms with Gasteiger partial charge in [0, 0.05) is 0 Å². The Bertz CT molecular complexity index is 1200. The molecule has 0 aliphatic carbocycles. The van der Waals surface area contributed by atoms with Crippen molar-refractivity contribution in [3.63, 3.8) is 0 Å². The van der Waals surface area contributed by atoms with Crippen LogP contribution < -0.4 is 10.9 Å². The van der Waals surface area contributed by atoms with Crippen LogP contribution in [0.5, 0.6) is 0 Å². The maximum atomic E-state index is 13.1. The number of hydrogen-bond donors (Lipinski definition) is 1. The van der Waals surface area contributed by atoms with E-state index in [1.165, 1.54) is 11.8 Å². The molecule has 0 aliphatic heterocycles. The normalized spacial score (nSPS) is 12.0. The second-order valence-corrected chi connectivity index (χ2v) is 7.81. The van der Waals surface area contributed by atoms with Crippen molar-refractivity contribution in [3.05, 3.63) is 94.7 Å². The zero-order valence-electron chi connectivity index (χ0n) is 16.4. The standard InChI is InChI=1S/C23H21N3O3S/c1-16(17-8-3-2-4-9-17)24-21(27)15-30-23-25-20-12-6-5-11-19(20)22(28)26(23)14-18-10-7-13-29-18/h2-13,16H,14-15H2,1H3,(H,24,27). The Morgan fingerprint density at radius 2 is 1.87 bits per heavy atom. The number of amides is 1. The molecule has 152 valence electrons. The monoisotopic (exact) mass is 419 g/mol. The lowest BCUT2D eigenvalue weighted by molar-refractivity contribution is -0.119. The van der Waals surface area contributed by atoms with Gasteiger partial charge in [-0.3, -0.25) is 14.2 Å². The molecular weight excluding hydrogens is 398 g/mol. The lowest BCUT2D eigenvalue weighted by Crippen LogP contribution is -2.29. The van der Waals surface area contributed by atoms with E-state index in [2.05, 4.69) is 10.3 Å². The summed E-state index contributed by atoms with van der Waals surface area (Å²) in [6.07, 6.45) is 1.57. The van der Waals surface area contributed by atoms with Crippen LogP contribution in [0.2, 0.25) is 0 Å². The topological polar surface area (TPSA) is 77.1 Å². The van der Waals surface area contributed by atoms with Gasteiger partial charge in [-0.05, 0) is 36.8 Å². The van der Waals surface area contributed by atoms with Gasteiger partial charge in [0.15, 0.2) is 5.16 Å². The molecule has 1 unspecified atom stereocenters. The Kier molecular flexibility index (Phi) is 5.99. The zero-order valence-corrected chi connectivity index (χ0v) is 17.3. The fraction of sp³-hybridized carbons (Fsp3) is 0.174. The molecule has 4 aromatic rings. The molecule has 0 spiro atoms. The molecule has 0 bridgehead atoms. The molecule has 1 amide bonds. The van der Waals surface area contributed by atoms with Gasteiger partial charge in [-0.25, -0.2) is 4.98 Å². The molecule has 4 rings (SSSR count). The van der Waals surface area contributed by atoms with Gasteiger partial charge < -0.3 is 9.73 Å². The van der Waals surface area contributed by atoms with Crippen LogP contribution in [-0.4, -0.2) is 21.2 Å². The largest absolute Gasteiger partial charge is 0.467 e. The Morgan fingerprint density at radius 3 is 2.63 bits per heavy atom. The Balaban J connectivity index is 1.55. The molecule has 0 saturated carbocycles. The van der Waals surface area contributed by atoms with Crippen LogP contribution >= 0.6 is 11.8 Å². The SMILES string of the molecule is CC(NC(=O)CSc1nc2ccccc2c(=O)n1Cc1ccco1)c1ccccc1. The second-order valence-electron chi connectivity index (χ2n) is 6.87. The van der Waals surface area contributed by atoms with Crippen molar-refractivity contribution in [2.75, 3.05) is 5.75 Å². The zero-order chi connectivity index (χ0) is 20.9. The highest BCUT2D eigenvalue weighted by Gasteiger charge is 2.15. The number of carbonyl (C=O) groups is 1. The first-order valence-corrected chi connectivity index (χ1v) is 10.6. The lowest BCUT2D eigenvalue weighted by atomic mass is 10.1. The summed E-state index contributed by atoms with van der Waals surface area (Å²) in [6.45, 7) is 2.20. The average Bonchev–Trinajstić information content (AvgIpc) is 3.28. The fourth-order valence-corrected chi connectivity index (χ4v) is 4.00. The molecule has 1 N–H and O–H groups in total. The minimum Gasteiger partial charge on any atom is -0.467 e. The predicted octanol–water partition coefficient (Wildman–Crippen LogP) is 4.01. The number of thioether (sulfide) groups is 1. The highest BCUT2D eigenvalue weighted by atomic mass is 32.2. The molecule has 2 heterocycles. The van der Waals surface area contributed by atoms with E-state index in [9.17, 15) is 9.59 Å². The van der Waals surface area contributed by atoms with Crippen molar-refractivity contribution < 1.29 is 9.21 Å². The third-order valence-corrected chi connectivity index (χ3v) is 5.71. The molecule has 0 aliphatic rings. The van der Waals surface area contributed by atoms with Gasteiger partial charge in [0.1, 0.15) is 5.76 Å². The molecule has 2 aromatic carbocycles.